The van der Waals surface area contributed by atoms with Crippen molar-refractivity contribution in [2.75, 3.05) is 79.0 Å². The van der Waals surface area contributed by atoms with Crippen LogP contribution in [-0.4, -0.2) is 104 Å². The van der Waals surface area contributed by atoms with Crippen LogP contribution in [-0.2, 0) is 63.7 Å². The summed E-state index contributed by atoms with van der Waals surface area (Å²) in [5.41, 5.74) is 0. The average Bonchev–Trinajstić information content (AvgIpc) is 3.49. The van der Waals surface area contributed by atoms with Crippen molar-refractivity contribution in [3.05, 3.63) is 43.8 Å². The summed E-state index contributed by atoms with van der Waals surface area (Å²) < 4.78 is 22.2. The van der Waals surface area contributed by atoms with E-state index in [1.807, 2.05) is 49.1 Å². The van der Waals surface area contributed by atoms with Crippen LogP contribution in [0.1, 0.15) is 19.5 Å². The Hall–Kier alpha value is -0.599. The summed E-state index contributed by atoms with van der Waals surface area (Å²) in [6.07, 6.45) is 7.52. The Labute approximate surface area is 252 Å². The quantitative estimate of drug-likeness (QED) is 0.392. The fraction of sp³-hybridized carbons (Fsp3) is 0.500. The van der Waals surface area contributed by atoms with Crippen molar-refractivity contribution >= 4 is 47.5 Å². The van der Waals surface area contributed by atoms with Crippen LogP contribution >= 0.6 is 22.7 Å². The third kappa shape index (κ3) is 15.6. The van der Waals surface area contributed by atoms with Gasteiger partial charge in [-0.25, -0.2) is 0 Å². The van der Waals surface area contributed by atoms with Gasteiger partial charge in [-0.3, -0.25) is 20.0 Å². The molecule has 0 fully saturated rings. The van der Waals surface area contributed by atoms with Gasteiger partial charge in [-0.2, -0.15) is 0 Å². The first-order valence-corrected chi connectivity index (χ1v) is 13.0. The standard InChI is InChI=1S/C24H32N4O4S2.2Ag/c1-2-22-18-26-6-10-30-15-16-32-12-8-28-20-24-4-3-23(34-24)19-27-7-11-31-14-13-29-9-5-25-17-21(1)33-22;;/h1-4,17-20H,5-16H2;;/q;2*+1. The number of thiophene rings is 2. The number of nitrogens with zero attached hydrogens (tertiary/aromatic N) is 4. The maximum absolute atomic E-state index is 5.56. The molecule has 0 atom stereocenters. The maximum atomic E-state index is 5.56. The molecule has 1 aliphatic rings. The van der Waals surface area contributed by atoms with Crippen LogP contribution in [0.3, 0.4) is 0 Å². The Kier molecular flexibility index (Phi) is 20.8. The number of hydrogen-bond donors (Lipinski definition) is 0. The van der Waals surface area contributed by atoms with Gasteiger partial charge in [-0.05, 0) is 24.3 Å². The Balaban J connectivity index is 0.00000324. The van der Waals surface area contributed by atoms with Crippen molar-refractivity contribution in [2.45, 2.75) is 0 Å². The van der Waals surface area contributed by atoms with Crippen molar-refractivity contribution < 1.29 is 63.7 Å². The van der Waals surface area contributed by atoms with Crippen molar-refractivity contribution in [1.82, 2.24) is 0 Å². The Morgan fingerprint density at radius 2 is 0.667 bits per heavy atom. The van der Waals surface area contributed by atoms with E-state index in [1.165, 1.54) is 0 Å². The third-order valence-electron chi connectivity index (χ3n) is 4.37. The molecular formula is C24H32Ag2N4O4S2+2. The van der Waals surface area contributed by atoms with Crippen LogP contribution in [0.2, 0.25) is 0 Å². The molecule has 4 bridgehead atoms. The molecule has 8 nitrogen and oxygen atoms in total. The second kappa shape index (κ2) is 22.4. The van der Waals surface area contributed by atoms with Gasteiger partial charge in [0.1, 0.15) is 0 Å². The van der Waals surface area contributed by atoms with Crippen LogP contribution in [0.15, 0.2) is 44.2 Å². The normalized spacial score (nSPS) is 17.6. The molecule has 0 radical (unpaired) electrons. The minimum Gasteiger partial charge on any atom is -0.377 e. The third-order valence-corrected chi connectivity index (χ3v) is 6.28. The molecule has 0 saturated carbocycles. The molecule has 0 aliphatic carbocycles. The van der Waals surface area contributed by atoms with Gasteiger partial charge < -0.3 is 18.9 Å². The van der Waals surface area contributed by atoms with E-state index in [-0.39, 0.29) is 44.8 Å². The number of ether oxygens (including phenoxy) is 4. The van der Waals surface area contributed by atoms with E-state index >= 15 is 0 Å². The van der Waals surface area contributed by atoms with Crippen LogP contribution in [0.5, 0.6) is 0 Å². The zero-order chi connectivity index (χ0) is 23.5. The summed E-state index contributed by atoms with van der Waals surface area (Å²) in [4.78, 5) is 22.1. The van der Waals surface area contributed by atoms with Gasteiger partial charge >= 0.3 is 44.8 Å². The molecule has 0 N–H and O–H groups in total. The molecule has 36 heavy (non-hydrogen) atoms. The fourth-order valence-electron chi connectivity index (χ4n) is 2.75. The van der Waals surface area contributed by atoms with Crippen LogP contribution in [0.4, 0.5) is 0 Å². The van der Waals surface area contributed by atoms with Crippen LogP contribution < -0.4 is 0 Å². The number of rotatable bonds is 0. The summed E-state index contributed by atoms with van der Waals surface area (Å²) in [6.45, 7) is 7.03. The van der Waals surface area contributed by atoms with Gasteiger partial charge in [0.2, 0.25) is 0 Å². The van der Waals surface area contributed by atoms with E-state index in [2.05, 4.69) is 20.0 Å². The van der Waals surface area contributed by atoms with Crippen LogP contribution in [0, 0.1) is 0 Å². The summed E-state index contributed by atoms with van der Waals surface area (Å²) in [7, 11) is 0. The van der Waals surface area contributed by atoms with Gasteiger partial charge in [-0.15, -0.1) is 22.7 Å². The van der Waals surface area contributed by atoms with Crippen molar-refractivity contribution in [3.63, 3.8) is 0 Å². The van der Waals surface area contributed by atoms with Gasteiger partial charge in [0.25, 0.3) is 0 Å². The predicted octanol–water partition coefficient (Wildman–Crippen LogP) is 3.26. The molecule has 2 aromatic heterocycles. The summed E-state index contributed by atoms with van der Waals surface area (Å²) in [6, 6.07) is 8.18. The van der Waals surface area contributed by atoms with Crippen LogP contribution in [0.25, 0.3) is 0 Å². The van der Waals surface area contributed by atoms with Gasteiger partial charge in [0.15, 0.2) is 0 Å². The van der Waals surface area contributed by atoms with Crippen molar-refractivity contribution in [1.29, 1.82) is 0 Å². The Morgan fingerprint density at radius 3 is 0.917 bits per heavy atom. The Bertz CT molecular complexity index is 792. The first-order chi connectivity index (χ1) is 16.9. The average molecular weight is 720 g/mol. The number of aliphatic imine (C=N–C) groups is 4. The molecule has 12 heteroatoms. The molecule has 0 unspecified atom stereocenters. The van der Waals surface area contributed by atoms with E-state index < -0.39 is 0 Å². The topological polar surface area (TPSA) is 86.4 Å². The predicted molar refractivity (Wildman–Crippen MR) is 142 cm³/mol. The molecule has 204 valence electrons. The molecule has 0 saturated heterocycles. The summed E-state index contributed by atoms with van der Waals surface area (Å²) >= 11 is 3.31. The SMILES string of the molecule is C1=NCCOCCOCCN=Cc2ccc(s2)C=NCCOCCOCCN=Cc2ccc1s2.[Ag+].[Ag+]. The second-order valence-corrected chi connectivity index (χ2v) is 9.36. The summed E-state index contributed by atoms with van der Waals surface area (Å²) in [5.74, 6) is 0. The maximum Gasteiger partial charge on any atom is 1.00 e. The fourth-order valence-corrected chi connectivity index (χ4v) is 4.34. The number of hydrogen-bond acceptors (Lipinski definition) is 10. The van der Waals surface area contributed by atoms with E-state index in [4.69, 9.17) is 18.9 Å². The van der Waals surface area contributed by atoms with Crippen molar-refractivity contribution in [2.24, 2.45) is 20.0 Å². The van der Waals surface area contributed by atoms with Gasteiger partial charge in [-0.1, -0.05) is 0 Å². The van der Waals surface area contributed by atoms with E-state index in [0.717, 1.165) is 19.5 Å². The first-order valence-electron chi connectivity index (χ1n) is 11.4. The van der Waals surface area contributed by atoms with E-state index in [9.17, 15) is 0 Å². The zero-order valence-electron chi connectivity index (χ0n) is 19.9. The van der Waals surface area contributed by atoms with Gasteiger partial charge in [0, 0.05) is 44.4 Å². The van der Waals surface area contributed by atoms with E-state index in [0.29, 0.717) is 79.0 Å². The zero-order valence-corrected chi connectivity index (χ0v) is 24.5. The Morgan fingerprint density at radius 1 is 0.417 bits per heavy atom. The molecule has 2 aromatic rings. The molecule has 0 amide bonds. The largest absolute Gasteiger partial charge is 1.00 e. The van der Waals surface area contributed by atoms with Gasteiger partial charge in [0.05, 0.1) is 79.0 Å². The minimum atomic E-state index is 0. The molecule has 0 aromatic carbocycles. The first kappa shape index (κ1) is 33.4. The smallest absolute Gasteiger partial charge is 0.377 e. The summed E-state index contributed by atoms with van der Waals surface area (Å²) in [5, 5.41) is 0. The molecule has 3 heterocycles. The molecule has 3 rings (SSSR count). The van der Waals surface area contributed by atoms with E-state index in [1.54, 1.807) is 22.7 Å². The molecule has 0 spiro atoms. The van der Waals surface area contributed by atoms with Crippen molar-refractivity contribution in [3.8, 4) is 0 Å². The minimum absolute atomic E-state index is 0. The molecular weight excluding hydrogens is 688 g/mol. The monoisotopic (exact) mass is 718 g/mol. The second-order valence-electron chi connectivity index (χ2n) is 7.07. The number of fused-ring (bicyclic) bond motifs is 4. The molecule has 1 aliphatic heterocycles.